The fourth-order valence-corrected chi connectivity index (χ4v) is 4.11. The molecule has 1 aliphatic rings. The lowest BCUT2D eigenvalue weighted by molar-refractivity contribution is -0.143. The summed E-state index contributed by atoms with van der Waals surface area (Å²) >= 11 is 0. The van der Waals surface area contributed by atoms with Crippen molar-refractivity contribution in [2.75, 3.05) is 5.32 Å². The van der Waals surface area contributed by atoms with Crippen molar-refractivity contribution in [3.05, 3.63) is 29.8 Å². The summed E-state index contributed by atoms with van der Waals surface area (Å²) in [6.45, 7) is 5.86. The lowest BCUT2D eigenvalue weighted by Crippen LogP contribution is -2.24. The Bertz CT molecular complexity index is 673. The van der Waals surface area contributed by atoms with Crippen LogP contribution in [0.4, 0.5) is 5.69 Å². The molecule has 2 rings (SSSR count). The maximum absolute atomic E-state index is 12.3. The van der Waals surface area contributed by atoms with Crippen molar-refractivity contribution in [1.29, 1.82) is 0 Å². The molecule has 0 spiro atoms. The van der Waals surface area contributed by atoms with Gasteiger partial charge < -0.3 is 10.4 Å². The van der Waals surface area contributed by atoms with Crippen LogP contribution in [-0.2, 0) is 26.1 Å². The van der Waals surface area contributed by atoms with Crippen LogP contribution in [0, 0.1) is 11.8 Å². The summed E-state index contributed by atoms with van der Waals surface area (Å²) in [4.78, 5) is 23.3. The molecule has 1 aromatic carbocycles. The van der Waals surface area contributed by atoms with E-state index in [-0.39, 0.29) is 22.5 Å². The van der Waals surface area contributed by atoms with Crippen molar-refractivity contribution < 1.29 is 18.9 Å². The van der Waals surface area contributed by atoms with Gasteiger partial charge in [-0.2, -0.15) is 0 Å². The Morgan fingerprint density at radius 1 is 1.19 bits per heavy atom. The van der Waals surface area contributed by atoms with Gasteiger partial charge >= 0.3 is 5.97 Å². The second kappa shape index (κ2) is 8.80. The van der Waals surface area contributed by atoms with E-state index in [2.05, 4.69) is 5.32 Å². The fraction of sp³-hybridized carbons (Fsp3) is 0.600. The van der Waals surface area contributed by atoms with Gasteiger partial charge in [-0.25, -0.2) is 0 Å². The molecular formula is C20H29NO4S. The Balaban J connectivity index is 1.87. The summed E-state index contributed by atoms with van der Waals surface area (Å²) in [6.07, 6.45) is 3.30. The number of rotatable bonds is 6. The lowest BCUT2D eigenvalue weighted by Gasteiger charge is -2.25. The van der Waals surface area contributed by atoms with E-state index in [4.69, 9.17) is 5.11 Å². The van der Waals surface area contributed by atoms with E-state index in [1.54, 1.807) is 0 Å². The van der Waals surface area contributed by atoms with Crippen LogP contribution in [0.3, 0.4) is 0 Å². The molecule has 0 aliphatic heterocycles. The van der Waals surface area contributed by atoms with E-state index in [0.717, 1.165) is 24.1 Å². The standard InChI is InChI=1S/C20H29NO4S/c1-20(2,3)26(25)13-15-5-4-6-17(11-15)21-18(22)12-14-7-9-16(10-8-14)19(23)24/h4-6,11,14,16H,7-10,12-13H2,1-3H3,(H,21,22)(H,23,24). The smallest absolute Gasteiger partial charge is 0.306 e. The van der Waals surface area contributed by atoms with Gasteiger partial charge in [-0.1, -0.05) is 12.1 Å². The Morgan fingerprint density at radius 2 is 1.85 bits per heavy atom. The number of aliphatic carboxylic acids is 1. The first kappa shape index (κ1) is 20.6. The maximum Gasteiger partial charge on any atom is 0.306 e. The van der Waals surface area contributed by atoms with E-state index in [9.17, 15) is 13.8 Å². The summed E-state index contributed by atoms with van der Waals surface area (Å²) < 4.78 is 12.0. The number of anilines is 1. The van der Waals surface area contributed by atoms with Crippen molar-refractivity contribution >= 4 is 28.4 Å². The highest BCUT2D eigenvalue weighted by Gasteiger charge is 2.27. The summed E-state index contributed by atoms with van der Waals surface area (Å²) in [5.41, 5.74) is 1.66. The topological polar surface area (TPSA) is 83.5 Å². The molecule has 0 heterocycles. The molecule has 0 bridgehead atoms. The number of carbonyl (C=O) groups excluding carboxylic acids is 1. The number of carboxylic acid groups (broad SMARTS) is 1. The monoisotopic (exact) mass is 379 g/mol. The highest BCUT2D eigenvalue weighted by molar-refractivity contribution is 7.85. The minimum atomic E-state index is -0.983. The van der Waals surface area contributed by atoms with Gasteiger partial charge in [0.1, 0.15) is 0 Å². The number of hydrogen-bond acceptors (Lipinski definition) is 3. The highest BCUT2D eigenvalue weighted by atomic mass is 32.2. The molecule has 0 saturated heterocycles. The van der Waals surface area contributed by atoms with Gasteiger partial charge in [0.2, 0.25) is 5.91 Å². The van der Waals surface area contributed by atoms with Gasteiger partial charge in [-0.3, -0.25) is 13.8 Å². The second-order valence-electron chi connectivity index (χ2n) is 8.11. The molecule has 1 saturated carbocycles. The molecule has 1 aliphatic carbocycles. The van der Waals surface area contributed by atoms with Crippen LogP contribution >= 0.6 is 0 Å². The zero-order valence-corrected chi connectivity index (χ0v) is 16.6. The highest BCUT2D eigenvalue weighted by Crippen LogP contribution is 2.31. The zero-order chi connectivity index (χ0) is 19.3. The van der Waals surface area contributed by atoms with Crippen LogP contribution in [-0.4, -0.2) is 25.9 Å². The molecule has 2 N–H and O–H groups in total. The number of carbonyl (C=O) groups is 2. The number of hydrogen-bond donors (Lipinski definition) is 2. The van der Waals surface area contributed by atoms with E-state index in [1.807, 2.05) is 45.0 Å². The third-order valence-electron chi connectivity index (χ3n) is 4.86. The molecule has 1 fully saturated rings. The summed E-state index contributed by atoms with van der Waals surface area (Å²) in [7, 11) is -0.983. The second-order valence-corrected chi connectivity index (χ2v) is 10.3. The Hall–Kier alpha value is -1.69. The fourth-order valence-electron chi connectivity index (χ4n) is 3.19. The van der Waals surface area contributed by atoms with Gasteiger partial charge in [0.25, 0.3) is 0 Å². The minimum absolute atomic E-state index is 0.0436. The molecule has 1 aromatic rings. The first-order valence-electron chi connectivity index (χ1n) is 9.15. The van der Waals surface area contributed by atoms with Gasteiger partial charge in [0.05, 0.1) is 5.92 Å². The SMILES string of the molecule is CC(C)(C)S(=O)Cc1cccc(NC(=O)CC2CCC(C(=O)O)CC2)c1. The maximum atomic E-state index is 12.3. The number of amides is 1. The molecule has 0 radical (unpaired) electrons. The predicted molar refractivity (Wildman–Crippen MR) is 104 cm³/mol. The van der Waals surface area contributed by atoms with E-state index in [1.165, 1.54) is 0 Å². The van der Waals surface area contributed by atoms with Crippen molar-refractivity contribution in [2.24, 2.45) is 11.8 Å². The van der Waals surface area contributed by atoms with Crippen LogP contribution in [0.2, 0.25) is 0 Å². The normalized spacial score (nSPS) is 21.8. The molecule has 6 heteroatoms. The third kappa shape index (κ3) is 6.24. The molecule has 26 heavy (non-hydrogen) atoms. The number of carboxylic acids is 1. The van der Waals surface area contributed by atoms with Crippen molar-refractivity contribution in [2.45, 2.75) is 63.4 Å². The minimum Gasteiger partial charge on any atom is -0.481 e. The van der Waals surface area contributed by atoms with Crippen LogP contribution < -0.4 is 5.32 Å². The largest absolute Gasteiger partial charge is 0.481 e. The molecule has 1 unspecified atom stereocenters. The Morgan fingerprint density at radius 3 is 2.42 bits per heavy atom. The summed E-state index contributed by atoms with van der Waals surface area (Å²) in [5.74, 6) is -0.307. The van der Waals surface area contributed by atoms with Crippen molar-refractivity contribution in [3.8, 4) is 0 Å². The van der Waals surface area contributed by atoms with Gasteiger partial charge in [0.15, 0.2) is 0 Å². The van der Waals surface area contributed by atoms with Gasteiger partial charge in [-0.15, -0.1) is 0 Å². The van der Waals surface area contributed by atoms with Crippen LogP contribution in [0.15, 0.2) is 24.3 Å². The summed E-state index contributed by atoms with van der Waals surface area (Å²) in [5, 5.41) is 12.0. The van der Waals surface area contributed by atoms with Crippen molar-refractivity contribution in [1.82, 2.24) is 0 Å². The average molecular weight is 380 g/mol. The predicted octanol–water partition coefficient (Wildman–Crippen LogP) is 3.95. The molecule has 5 nitrogen and oxygen atoms in total. The first-order chi connectivity index (χ1) is 12.1. The zero-order valence-electron chi connectivity index (χ0n) is 15.8. The third-order valence-corrected chi connectivity index (χ3v) is 6.82. The molecular weight excluding hydrogens is 350 g/mol. The molecule has 144 valence electrons. The Kier molecular flexibility index (Phi) is 6.98. The van der Waals surface area contributed by atoms with E-state index >= 15 is 0 Å². The van der Waals surface area contributed by atoms with Gasteiger partial charge in [-0.05, 0) is 70.1 Å². The average Bonchev–Trinajstić information content (AvgIpc) is 2.54. The van der Waals surface area contributed by atoms with Crippen LogP contribution in [0.25, 0.3) is 0 Å². The van der Waals surface area contributed by atoms with Crippen LogP contribution in [0.5, 0.6) is 0 Å². The molecule has 1 amide bonds. The number of nitrogens with one attached hydrogen (secondary N) is 1. The summed E-state index contributed by atoms with van der Waals surface area (Å²) in [6, 6.07) is 7.50. The van der Waals surface area contributed by atoms with Gasteiger partial charge in [0, 0.05) is 33.4 Å². The van der Waals surface area contributed by atoms with Crippen molar-refractivity contribution in [3.63, 3.8) is 0 Å². The lowest BCUT2D eigenvalue weighted by atomic mass is 9.80. The quantitative estimate of drug-likeness (QED) is 0.784. The van der Waals surface area contributed by atoms with Crippen LogP contribution in [0.1, 0.15) is 58.4 Å². The number of benzene rings is 1. The molecule has 0 aromatic heterocycles. The Labute approximate surface area is 158 Å². The first-order valence-corrected chi connectivity index (χ1v) is 10.5. The molecule has 1 atom stereocenters. The van der Waals surface area contributed by atoms with E-state index < -0.39 is 16.8 Å². The van der Waals surface area contributed by atoms with E-state index in [0.29, 0.717) is 25.0 Å².